The molecule has 0 saturated carbocycles. The smallest absolute Gasteiger partial charge is 0.364 e. The van der Waals surface area contributed by atoms with Crippen molar-refractivity contribution < 1.29 is 296 Å². The zero-order chi connectivity index (χ0) is 109. The highest BCUT2D eigenvalue weighted by atomic mass is 16.8. The topological polar surface area (TPSA) is 1030 Å². The number of carbonyl (C=O) groups excluding carboxylic acids is 6. The summed E-state index contributed by atoms with van der Waals surface area (Å²) in [4.78, 5) is 90.6. The summed E-state index contributed by atoms with van der Waals surface area (Å²) in [6, 6.07) is -11.7. The highest BCUT2D eigenvalue weighted by Gasteiger charge is 2.65. The molecule has 0 aromatic heterocycles. The summed E-state index contributed by atoms with van der Waals surface area (Å²) in [6.45, 7) is -9.60. The van der Waals surface area contributed by atoms with Crippen LogP contribution in [0.2, 0.25) is 0 Å². The molecule has 848 valence electrons. The van der Waals surface area contributed by atoms with Crippen LogP contribution in [0.3, 0.4) is 0 Å². The lowest BCUT2D eigenvalue weighted by atomic mass is 9.88. The predicted octanol–water partition coefficient (Wildman–Crippen LogP) is -25.9. The SMILES string of the molecule is CC(=O)N[C@H]1[C@H](OC[C@H]2O[C@@H](O[C@H]3[C@@H](O)[C@@H](CO)OC(O)[C@@H]3NC(C)=O)[C@H](O)[C@@H](O[C@@H]3O[C@H](CO)[C@@H](O[C@@H]4O[C@H](CO)[C@H](O)[C@H](O[C@@H]5O[C@H](CO)[C@@H](O[C@@H]6O[C@H](CO)[C@H](O)[C@H](O[C@@H]7O[C@H](CO)[C@@H](O[C@@H]8O[C@H](CO)[C@H](O)[C@H](O[C@]9(C(=O)O)C[C@H](O)[C@@H](NC(=O)CO)[C@H]([C@H](O)[C@H](O)CO)O9)[C@H]8O)[C@H](O)[C@H]7NC(C)=O)[C@H]6O)[C@H](O)[C@H]5NC(C)=O)[C@H]4O)[C@H](O)[C@H]3NC(C)=O)[C@H]2O)O[C@H](CO)[C@@H](O[C@@H]2O[C@H](CO)[C@H](O)[C@H](O)[C@H]2O)[C@@H]1O. The third-order valence-corrected chi connectivity index (χ3v) is 26.5. The maximum Gasteiger partial charge on any atom is 0.364 e. The van der Waals surface area contributed by atoms with Crippen LogP contribution in [-0.4, -0.2) is 627 Å². The molecule has 38 N–H and O–H groups in total. The Kier molecular flexibility index (Phi) is 43.9. The quantitative estimate of drug-likeness (QED) is 0.0270. The van der Waals surface area contributed by atoms with Gasteiger partial charge in [0.2, 0.25) is 35.4 Å². The van der Waals surface area contributed by atoms with Gasteiger partial charge in [-0.2, -0.15) is 0 Å². The molecule has 66 heteroatoms. The lowest BCUT2D eigenvalue weighted by Crippen LogP contribution is -2.71. The number of nitrogens with one attached hydrogen (secondary N) is 6. The minimum Gasteiger partial charge on any atom is -0.477 e. The number of carbonyl (C=O) groups is 7. The van der Waals surface area contributed by atoms with E-state index in [1.165, 1.54) is 0 Å². The molecule has 0 radical (unpaired) electrons. The van der Waals surface area contributed by atoms with E-state index < -0.39 is 470 Å². The molecule has 11 heterocycles. The summed E-state index contributed by atoms with van der Waals surface area (Å²) < 4.78 is 124. The fourth-order valence-electron chi connectivity index (χ4n) is 19.0. The monoisotopic (exact) mass is 2150 g/mol. The Morgan fingerprint density at radius 3 is 0.912 bits per heavy atom. The molecule has 11 rings (SSSR count). The van der Waals surface area contributed by atoms with Crippen LogP contribution < -0.4 is 31.9 Å². The van der Waals surface area contributed by atoms with E-state index in [0.717, 1.165) is 34.6 Å². The normalized spacial score (nSPS) is 46.8. The average Bonchev–Trinajstić information content (AvgIpc) is 0.771. The maximum absolute atomic E-state index is 13.3. The first-order chi connectivity index (χ1) is 69.5. The number of ether oxygens (including phenoxy) is 21. The van der Waals surface area contributed by atoms with Crippen LogP contribution in [0.4, 0.5) is 0 Å². The van der Waals surface area contributed by atoms with Crippen molar-refractivity contribution in [2.75, 3.05) is 79.3 Å². The molecule has 0 aromatic carbocycles. The van der Waals surface area contributed by atoms with Crippen LogP contribution in [-0.2, 0) is 133 Å². The molecule has 56 atom stereocenters. The van der Waals surface area contributed by atoms with Crippen molar-refractivity contribution in [2.45, 2.75) is 384 Å². The molecule has 66 nitrogen and oxygen atoms in total. The Morgan fingerprint density at radius 1 is 0.293 bits per heavy atom. The van der Waals surface area contributed by atoms with Gasteiger partial charge in [-0.25, -0.2) is 4.79 Å². The Balaban J connectivity index is 0.800. The van der Waals surface area contributed by atoms with Gasteiger partial charge in [-0.1, -0.05) is 0 Å². The predicted molar refractivity (Wildman–Crippen MR) is 451 cm³/mol. The van der Waals surface area contributed by atoms with Crippen molar-refractivity contribution in [1.29, 1.82) is 0 Å². The fourth-order valence-corrected chi connectivity index (χ4v) is 19.0. The lowest BCUT2D eigenvalue weighted by Gasteiger charge is -2.51. The minimum atomic E-state index is -3.36. The number of rotatable bonds is 41. The molecule has 147 heavy (non-hydrogen) atoms. The van der Waals surface area contributed by atoms with Crippen molar-refractivity contribution in [2.24, 2.45) is 0 Å². The van der Waals surface area contributed by atoms with Gasteiger partial charge in [0.15, 0.2) is 62.9 Å². The van der Waals surface area contributed by atoms with E-state index in [4.69, 9.17) is 99.5 Å². The Labute approximate surface area is 830 Å². The van der Waals surface area contributed by atoms with E-state index in [9.17, 15) is 197 Å². The maximum atomic E-state index is 13.3. The summed E-state index contributed by atoms with van der Waals surface area (Å²) in [7, 11) is 0. The number of amides is 6. The van der Waals surface area contributed by atoms with Gasteiger partial charge in [0.05, 0.1) is 84.8 Å². The standard InChI is InChI=1S/C81H134N6O60/c1-19(99)82-38-50(114)60(138-75-55(119)54(118)44(108)26(8-89)129-75)31(13-94)133-71(38)127-18-35-49(113)68(58(122)78(137-35)142-64-42(86-23(5)103)70(124)128-27(9-90)45(64)109)145-74-41(85-22(4)102)52(116)62(33(15-96)136-74)140-77-56(120)66(46(110)28(10-91)131-77)143-72-39(83-20(2)100)51(115)61(32(14-95)134-72)139-76-57(121)67(47(111)29(11-92)130-76)144-73-40(84-21(3)101)53(117)63(34(16-97)135-73)141-79-59(123)69(48(112)30(12-93)132-79)147-81(80(125)126)6-24(104)37(87-36(106)17-98)65(146-81)43(107)25(105)7-88/h24-35,37-79,88-98,104-105,107-124H,6-18H2,1-5H3,(H,82,99)(H,83,100)(H,84,101)(H,85,102)(H,86,103)(H,87,106)(H,125,126)/t24-,25+,26+,27+,28+,29+,30+,31+,32+,33+,34+,35+,37+,38+,39+,40+,41+,42+,43+,44-,45-,46-,47-,48-,49-,50+,51+,52+,53+,54-,55+,56+,57+,58+,59+,60+,61+,62+,63+,64+,65+,66-,67-,68-,69-,70?,71+,72-,73-,74-,75-,76-,77-,78-,79-,81-/m0/s1. The van der Waals surface area contributed by atoms with Crippen LogP contribution in [0.25, 0.3) is 0 Å². The van der Waals surface area contributed by atoms with E-state index in [-0.39, 0.29) is 0 Å². The second-order valence-corrected chi connectivity index (χ2v) is 36.7. The number of hydrogen-bond acceptors (Lipinski definition) is 59. The highest BCUT2D eigenvalue weighted by molar-refractivity contribution is 5.78. The van der Waals surface area contributed by atoms with Gasteiger partial charge < -0.3 is 295 Å². The molecule has 11 saturated heterocycles. The highest BCUT2D eigenvalue weighted by Crippen LogP contribution is 2.44. The summed E-state index contributed by atoms with van der Waals surface area (Å²) >= 11 is 0. The van der Waals surface area contributed by atoms with Crippen LogP contribution in [0.5, 0.6) is 0 Å². The first kappa shape index (κ1) is 121. The van der Waals surface area contributed by atoms with Gasteiger partial charge in [-0.15, -0.1) is 0 Å². The Bertz CT molecular complexity index is 4180. The van der Waals surface area contributed by atoms with Crippen LogP contribution in [0.1, 0.15) is 41.0 Å². The van der Waals surface area contributed by atoms with Crippen molar-refractivity contribution in [1.82, 2.24) is 31.9 Å². The van der Waals surface area contributed by atoms with Gasteiger partial charge >= 0.3 is 5.97 Å². The molecule has 0 spiro atoms. The van der Waals surface area contributed by atoms with Gasteiger partial charge in [-0.05, 0) is 0 Å². The molecule has 0 bridgehead atoms. The summed E-state index contributed by atoms with van der Waals surface area (Å²) in [5.74, 6) is -11.7. The average molecular weight is 2150 g/mol. The third kappa shape index (κ3) is 27.1. The zero-order valence-electron chi connectivity index (χ0n) is 78.7. The number of carboxylic acid groups (broad SMARTS) is 1. The minimum absolute atomic E-state index is 0.877. The number of carboxylic acids is 1. The van der Waals surface area contributed by atoms with Crippen molar-refractivity contribution in [3.8, 4) is 0 Å². The van der Waals surface area contributed by atoms with Crippen molar-refractivity contribution in [3.05, 3.63) is 0 Å². The van der Waals surface area contributed by atoms with Crippen LogP contribution in [0.15, 0.2) is 0 Å². The largest absolute Gasteiger partial charge is 0.477 e. The van der Waals surface area contributed by atoms with Crippen LogP contribution >= 0.6 is 0 Å². The molecule has 11 fully saturated rings. The molecule has 11 aliphatic rings. The lowest BCUT2D eigenvalue weighted by molar-refractivity contribution is -0.392. The van der Waals surface area contributed by atoms with E-state index in [2.05, 4.69) is 31.9 Å². The molecular weight excluding hydrogens is 2020 g/mol. The van der Waals surface area contributed by atoms with Gasteiger partial charge in [0.1, 0.15) is 269 Å². The first-order valence-corrected chi connectivity index (χ1v) is 46.4. The van der Waals surface area contributed by atoms with Crippen LogP contribution in [0, 0.1) is 0 Å². The number of aliphatic hydroxyl groups excluding tert-OH is 31. The summed E-state index contributed by atoms with van der Waals surface area (Å²) in [5.41, 5.74) is 0. The third-order valence-electron chi connectivity index (χ3n) is 26.5. The number of hydrogen-bond donors (Lipinski definition) is 38. The molecule has 0 aliphatic carbocycles. The number of aliphatic carboxylic acids is 1. The van der Waals surface area contributed by atoms with Crippen molar-refractivity contribution in [3.63, 3.8) is 0 Å². The Morgan fingerprint density at radius 2 is 0.571 bits per heavy atom. The zero-order valence-corrected chi connectivity index (χ0v) is 78.7. The van der Waals surface area contributed by atoms with E-state index in [1.807, 2.05) is 0 Å². The van der Waals surface area contributed by atoms with Gasteiger partial charge in [0, 0.05) is 41.0 Å². The molecule has 11 aliphatic heterocycles. The molecule has 0 aromatic rings. The van der Waals surface area contributed by atoms with E-state index >= 15 is 0 Å². The van der Waals surface area contributed by atoms with E-state index in [0.29, 0.717) is 0 Å². The first-order valence-electron chi connectivity index (χ1n) is 46.4. The fraction of sp³-hybridized carbons (Fsp3) is 0.914. The molecular formula is C81H134N6O60. The Hall–Kier alpha value is -5.79. The van der Waals surface area contributed by atoms with E-state index in [1.54, 1.807) is 0 Å². The van der Waals surface area contributed by atoms with Gasteiger partial charge in [0.25, 0.3) is 5.79 Å². The molecule has 1 unspecified atom stereocenters. The van der Waals surface area contributed by atoms with Crippen molar-refractivity contribution >= 4 is 41.4 Å². The summed E-state index contributed by atoms with van der Waals surface area (Å²) in [5, 5.41) is 372. The molecule has 6 amide bonds. The summed E-state index contributed by atoms with van der Waals surface area (Å²) in [6.07, 6.45) is -108. The second kappa shape index (κ2) is 53.1. The number of aliphatic hydroxyl groups is 31. The van der Waals surface area contributed by atoms with Gasteiger partial charge in [-0.3, -0.25) is 28.8 Å². The second-order valence-electron chi connectivity index (χ2n) is 36.7.